The molecule has 0 unspecified atom stereocenters. The average Bonchev–Trinajstić information content (AvgIpc) is 3.71. The van der Waals surface area contributed by atoms with Gasteiger partial charge in [-0.2, -0.15) is 0 Å². The molecule has 1 aliphatic heterocycles. The molecule has 0 saturated carbocycles. The summed E-state index contributed by atoms with van der Waals surface area (Å²) < 4.78 is 10.3. The fourth-order valence-electron chi connectivity index (χ4n) is 3.22. The third-order valence-corrected chi connectivity index (χ3v) is 7.25. The van der Waals surface area contributed by atoms with Crippen LogP contribution in [-0.2, 0) is 54.3 Å². The third kappa shape index (κ3) is 33.9. The van der Waals surface area contributed by atoms with E-state index in [0.717, 1.165) is 19.4 Å². The lowest BCUT2D eigenvalue weighted by Crippen LogP contribution is -2.47. The first-order valence-electron chi connectivity index (χ1n) is 18.5. The Morgan fingerprint density at radius 2 is 1.03 bits per heavy atom. The molecule has 1 saturated heterocycles. The molecule has 1 aromatic carbocycles. The lowest BCUT2D eigenvalue weighted by Gasteiger charge is -2.22. The van der Waals surface area contributed by atoms with Crippen molar-refractivity contribution in [2.24, 2.45) is 51.8 Å². The lowest BCUT2D eigenvalue weighted by molar-refractivity contribution is -0.155. The zero-order valence-corrected chi connectivity index (χ0v) is 35.4. The van der Waals surface area contributed by atoms with Crippen LogP contribution in [0.1, 0.15) is 66.4 Å². The molecule has 9 atom stereocenters. The van der Waals surface area contributed by atoms with E-state index in [9.17, 15) is 43.2 Å². The molecule has 0 bridgehead atoms. The van der Waals surface area contributed by atoms with Gasteiger partial charge in [-0.25, -0.2) is 4.79 Å². The number of carboxylic acids is 6. The number of carbonyl (C=O) groups is 9. The highest BCUT2D eigenvalue weighted by molar-refractivity contribution is 5.83. The molecule has 1 amide bonds. The van der Waals surface area contributed by atoms with E-state index in [0.29, 0.717) is 5.56 Å². The first-order valence-corrected chi connectivity index (χ1v) is 18.5. The molecule has 1 aromatic rings. The van der Waals surface area contributed by atoms with Crippen LogP contribution in [0.4, 0.5) is 0 Å². The van der Waals surface area contributed by atoms with Gasteiger partial charge < -0.3 is 91.3 Å². The largest absolute Gasteiger partial charge is 0.480 e. The van der Waals surface area contributed by atoms with Crippen molar-refractivity contribution in [3.8, 4) is 5.75 Å². The molecule has 26 nitrogen and oxygen atoms in total. The van der Waals surface area contributed by atoms with Crippen molar-refractivity contribution in [2.75, 3.05) is 6.54 Å². The van der Waals surface area contributed by atoms with Crippen LogP contribution in [0.2, 0.25) is 0 Å². The zero-order chi connectivity index (χ0) is 49.6. The maximum absolute atomic E-state index is 12.1. The molecule has 0 aromatic heterocycles. The van der Waals surface area contributed by atoms with Crippen molar-refractivity contribution in [2.45, 2.75) is 122 Å². The minimum Gasteiger partial charge on any atom is -0.480 e. The Hall–Kier alpha value is -5.87. The van der Waals surface area contributed by atoms with Crippen molar-refractivity contribution in [3.05, 3.63) is 29.8 Å². The monoisotopic (exact) mass is 895 g/mol. The number of carboxylic acid groups (broad SMARTS) is 6. The van der Waals surface area contributed by atoms with Crippen molar-refractivity contribution >= 4 is 53.7 Å². The van der Waals surface area contributed by atoms with Crippen LogP contribution in [0.25, 0.3) is 0 Å². The van der Waals surface area contributed by atoms with Gasteiger partial charge in [0.05, 0.1) is 6.42 Å². The van der Waals surface area contributed by atoms with Crippen molar-refractivity contribution in [3.63, 3.8) is 0 Å². The third-order valence-electron chi connectivity index (χ3n) is 7.25. The fraction of sp³-hybridized carbons (Fsp3) is 0.583. The molecular weight excluding hydrogens is 830 g/mol. The average molecular weight is 896 g/mol. The van der Waals surface area contributed by atoms with E-state index < -0.39 is 102 Å². The van der Waals surface area contributed by atoms with Gasteiger partial charge in [0, 0.05) is 0 Å². The minimum atomic E-state index is -1.21. The summed E-state index contributed by atoms with van der Waals surface area (Å²) >= 11 is 0. The molecule has 0 spiro atoms. The van der Waals surface area contributed by atoms with Crippen LogP contribution in [0.3, 0.4) is 0 Å². The Morgan fingerprint density at radius 3 is 1.29 bits per heavy atom. The number of primary amides is 1. The van der Waals surface area contributed by atoms with Crippen molar-refractivity contribution in [1.29, 1.82) is 0 Å². The Kier molecular flexibility index (Phi) is 34.2. The topological polar surface area (TPSA) is 514 Å². The molecule has 0 radical (unpaired) electrons. The number of aliphatic carboxylic acids is 6. The molecule has 1 heterocycles. The first kappa shape index (κ1) is 62.8. The summed E-state index contributed by atoms with van der Waals surface area (Å²) in [4.78, 5) is 93.5. The number of hydrogen-bond acceptors (Lipinski definition) is 19. The van der Waals surface area contributed by atoms with Gasteiger partial charge in [0.1, 0.15) is 60.2 Å². The summed E-state index contributed by atoms with van der Waals surface area (Å²) in [7, 11) is 0. The predicted molar refractivity (Wildman–Crippen MR) is 220 cm³/mol. The van der Waals surface area contributed by atoms with E-state index in [-0.39, 0.29) is 30.6 Å². The van der Waals surface area contributed by atoms with E-state index in [1.807, 2.05) is 0 Å². The van der Waals surface area contributed by atoms with Gasteiger partial charge in [-0.15, -0.1) is 0 Å². The highest BCUT2D eigenvalue weighted by atomic mass is 16.6. The van der Waals surface area contributed by atoms with E-state index >= 15 is 0 Å². The number of hydrogen-bond donors (Lipinski definition) is 15. The molecule has 23 N–H and O–H groups in total. The highest BCUT2D eigenvalue weighted by Gasteiger charge is 2.29. The lowest BCUT2D eigenvalue weighted by atomic mass is 10.1. The van der Waals surface area contributed by atoms with Gasteiger partial charge >= 0.3 is 47.8 Å². The van der Waals surface area contributed by atoms with Crippen LogP contribution < -0.4 is 55.9 Å². The van der Waals surface area contributed by atoms with Crippen molar-refractivity contribution in [1.82, 2.24) is 5.32 Å². The number of rotatable bonds is 16. The van der Waals surface area contributed by atoms with Gasteiger partial charge in [-0.1, -0.05) is 26.0 Å². The first-order chi connectivity index (χ1) is 28.3. The molecule has 1 fully saturated rings. The number of esters is 2. The van der Waals surface area contributed by atoms with E-state index in [4.69, 9.17) is 80.2 Å². The van der Waals surface area contributed by atoms with Gasteiger partial charge in [0.25, 0.3) is 0 Å². The second-order valence-electron chi connectivity index (χ2n) is 13.6. The second-order valence-corrected chi connectivity index (χ2v) is 13.6. The Bertz CT molecular complexity index is 1510. The molecule has 1 aliphatic rings. The fourth-order valence-corrected chi connectivity index (χ4v) is 3.22. The molecule has 356 valence electrons. The normalized spacial score (nSPS) is 16.2. The van der Waals surface area contributed by atoms with E-state index in [1.54, 1.807) is 26.0 Å². The molecule has 26 heteroatoms. The quantitative estimate of drug-likeness (QED) is 0.0558. The maximum atomic E-state index is 12.1. The summed E-state index contributed by atoms with van der Waals surface area (Å²) in [5.41, 5.74) is 41.7. The summed E-state index contributed by atoms with van der Waals surface area (Å²) in [5.74, 6) is -7.93. The Morgan fingerprint density at radius 1 is 0.629 bits per heavy atom. The summed E-state index contributed by atoms with van der Waals surface area (Å²) in [5, 5.41) is 51.7. The molecule has 0 aliphatic carbocycles. The highest BCUT2D eigenvalue weighted by Crippen LogP contribution is 2.15. The number of amides is 1. The Balaban J connectivity index is -0.000000388. The number of carbonyl (C=O) groups excluding carboxylic acids is 3. The summed E-state index contributed by atoms with van der Waals surface area (Å²) in [6.07, 6.45) is 0.705. The van der Waals surface area contributed by atoms with E-state index in [1.165, 1.54) is 39.8 Å². The zero-order valence-electron chi connectivity index (χ0n) is 35.4. The van der Waals surface area contributed by atoms with Crippen LogP contribution in [0.5, 0.6) is 5.75 Å². The molecular formula is C36H65N9O17. The summed E-state index contributed by atoms with van der Waals surface area (Å²) in [6, 6.07) is -0.435. The van der Waals surface area contributed by atoms with Crippen molar-refractivity contribution < 1.29 is 83.3 Å². The predicted octanol–water partition coefficient (Wildman–Crippen LogP) is -3.86. The molecule has 62 heavy (non-hydrogen) atoms. The number of ether oxygens (including phenoxy) is 2. The smallest absolute Gasteiger partial charge is 0.332 e. The van der Waals surface area contributed by atoms with Crippen LogP contribution in [-0.4, -0.2) is 145 Å². The van der Waals surface area contributed by atoms with Crippen LogP contribution >= 0.6 is 0 Å². The standard InChI is InChI=1S/C18H27N3O6.C5H9NO2.C4H8N2O3.3C3H7NO2/c1-9(2)14(20)17(24)26-10(3)15(21)18(25)27-12-6-4-11(5-7-12)8-13(19)16(22)23;7-5(8)4-2-1-3-6-4;5-2(4(8)9)1-3(6)7;3*1-2(4)3(5)6/h4-7,9-10,13-15H,8,19-21H2,1-3H3,(H,22,23);4,6H,1-3H2,(H,7,8);2H,1,5H2,(H2,6,7)(H,8,9);3*2H,4H2,1H3,(H,5,6)/t10-,13+,14+,15+;4-;4*2-/m100000/s1. The maximum Gasteiger partial charge on any atom is 0.332 e. The van der Waals surface area contributed by atoms with Gasteiger partial charge in [-0.3, -0.25) is 38.4 Å². The van der Waals surface area contributed by atoms with Crippen LogP contribution in [0, 0.1) is 5.92 Å². The van der Waals surface area contributed by atoms with Crippen LogP contribution in [0.15, 0.2) is 24.3 Å². The molecule has 2 rings (SSSR count). The summed E-state index contributed by atoms with van der Waals surface area (Å²) in [6.45, 7) is 10.1. The SMILES string of the molecule is CC(C)[C@H](N)C(=O)O[C@H](C)[C@H](N)C(=O)Oc1ccc(C[C@H](N)C(=O)O)cc1.C[C@H](N)C(=O)O.C[C@H](N)C(=O)O.C[C@H](N)C(=O)O.NC(=O)C[C@H](N)C(=O)O.O=C(O)[C@@H]1CCCN1. The minimum absolute atomic E-state index is 0.111. The van der Waals surface area contributed by atoms with Gasteiger partial charge in [0.2, 0.25) is 5.91 Å². The second kappa shape index (κ2) is 33.8. The van der Waals surface area contributed by atoms with Gasteiger partial charge in [0.15, 0.2) is 0 Å². The Labute approximate surface area is 357 Å². The number of nitrogens with two attached hydrogens (primary N) is 8. The van der Waals surface area contributed by atoms with E-state index in [2.05, 4.69) is 11.1 Å². The van der Waals surface area contributed by atoms with Gasteiger partial charge in [-0.05, 0) is 77.1 Å². The number of benzene rings is 1. The number of nitrogens with one attached hydrogen (secondary N) is 1.